The minimum Gasteiger partial charge on any atom is -0.444 e. The summed E-state index contributed by atoms with van der Waals surface area (Å²) in [4.78, 5) is 28.2. The van der Waals surface area contributed by atoms with Crippen molar-refractivity contribution in [3.05, 3.63) is 75.8 Å². The number of hydrogen-bond donors (Lipinski definition) is 2. The van der Waals surface area contributed by atoms with Gasteiger partial charge in [-0.05, 0) is 87.6 Å². The zero-order valence-corrected chi connectivity index (χ0v) is 25.4. The molecule has 2 bridgehead atoms. The second kappa shape index (κ2) is 11.4. The van der Waals surface area contributed by atoms with Crippen molar-refractivity contribution in [1.82, 2.24) is 10.2 Å². The van der Waals surface area contributed by atoms with Crippen molar-refractivity contribution in [2.45, 2.75) is 77.2 Å². The molecule has 7 nitrogen and oxygen atoms in total. The lowest BCUT2D eigenvalue weighted by molar-refractivity contribution is -0.0803. The van der Waals surface area contributed by atoms with Crippen LogP contribution in [0.4, 0.5) is 10.5 Å². The maximum atomic E-state index is 13.5. The predicted molar refractivity (Wildman–Crippen MR) is 162 cm³/mol. The Morgan fingerprint density at radius 2 is 1.70 bits per heavy atom. The van der Waals surface area contributed by atoms with E-state index in [-0.39, 0.29) is 36.2 Å². The summed E-state index contributed by atoms with van der Waals surface area (Å²) in [5.41, 5.74) is 2.99. The number of nitrogens with zero attached hydrogens (tertiary/aromatic N) is 1. The topological polar surface area (TPSA) is 79.9 Å². The molecule has 5 rings (SSSR count). The monoisotopic (exact) mass is 607 g/mol. The van der Waals surface area contributed by atoms with Gasteiger partial charge in [0.2, 0.25) is 0 Å². The van der Waals surface area contributed by atoms with Crippen molar-refractivity contribution in [2.24, 2.45) is 0 Å². The number of carbonyl (C=O) groups is 2. The number of hydrogen-bond acceptors (Lipinski definition) is 5. The molecule has 3 atom stereocenters. The Balaban J connectivity index is 1.28. The number of ether oxygens (including phenoxy) is 2. The largest absolute Gasteiger partial charge is 0.444 e. The van der Waals surface area contributed by atoms with Gasteiger partial charge in [-0.2, -0.15) is 0 Å². The Labute approximate surface area is 244 Å². The van der Waals surface area contributed by atoms with E-state index in [1.165, 1.54) is 0 Å². The highest BCUT2D eigenvalue weighted by atomic mass is 79.9. The SMILES string of the molecule is Cc1ccc(NC2CC3COCC(C2)N3C(=O)OC(C)(C)C)cc1C(=O)N[C@H](C)c1ccc(Br)c2ccccc12. The van der Waals surface area contributed by atoms with Crippen LogP contribution in [0, 0.1) is 6.92 Å². The quantitative estimate of drug-likeness (QED) is 0.327. The molecule has 2 unspecified atom stereocenters. The first-order valence-corrected chi connectivity index (χ1v) is 14.7. The van der Waals surface area contributed by atoms with Crippen LogP contribution in [0.1, 0.15) is 68.1 Å². The maximum absolute atomic E-state index is 13.5. The molecular weight excluding hydrogens is 570 g/mol. The summed E-state index contributed by atoms with van der Waals surface area (Å²) < 4.78 is 12.5. The molecule has 212 valence electrons. The molecule has 3 aromatic carbocycles. The molecule has 2 N–H and O–H groups in total. The van der Waals surface area contributed by atoms with E-state index in [4.69, 9.17) is 9.47 Å². The Morgan fingerprint density at radius 1 is 1.02 bits per heavy atom. The van der Waals surface area contributed by atoms with Crippen LogP contribution in [0.15, 0.2) is 59.1 Å². The number of carbonyl (C=O) groups excluding carboxylic acids is 2. The molecule has 2 aliphatic heterocycles. The summed E-state index contributed by atoms with van der Waals surface area (Å²) in [6.45, 7) is 10.6. The molecule has 3 aromatic rings. The van der Waals surface area contributed by atoms with E-state index < -0.39 is 5.60 Å². The number of anilines is 1. The second-order valence-corrected chi connectivity index (χ2v) is 12.8. The van der Waals surface area contributed by atoms with Gasteiger partial charge in [-0.15, -0.1) is 0 Å². The van der Waals surface area contributed by atoms with E-state index in [9.17, 15) is 9.59 Å². The fourth-order valence-corrected chi connectivity index (χ4v) is 6.33. The van der Waals surface area contributed by atoms with E-state index in [2.05, 4.69) is 44.8 Å². The lowest BCUT2D eigenvalue weighted by Crippen LogP contribution is -2.61. The summed E-state index contributed by atoms with van der Waals surface area (Å²) >= 11 is 3.64. The number of morpholine rings is 1. The first kappa shape index (κ1) is 28.4. The number of rotatable bonds is 5. The van der Waals surface area contributed by atoms with Gasteiger partial charge in [-0.3, -0.25) is 9.69 Å². The summed E-state index contributed by atoms with van der Waals surface area (Å²) in [6, 6.07) is 18.1. The van der Waals surface area contributed by atoms with Gasteiger partial charge in [0, 0.05) is 21.8 Å². The van der Waals surface area contributed by atoms with Crippen LogP contribution in [0.2, 0.25) is 0 Å². The minimum absolute atomic E-state index is 0.0466. The number of benzene rings is 3. The van der Waals surface area contributed by atoms with Crippen molar-refractivity contribution in [3.63, 3.8) is 0 Å². The van der Waals surface area contributed by atoms with Crippen molar-refractivity contribution in [2.75, 3.05) is 18.5 Å². The molecule has 0 saturated carbocycles. The van der Waals surface area contributed by atoms with Crippen LogP contribution in [0.5, 0.6) is 0 Å². The Bertz CT molecular complexity index is 1410. The van der Waals surface area contributed by atoms with Gasteiger partial charge in [0.05, 0.1) is 31.3 Å². The van der Waals surface area contributed by atoms with Gasteiger partial charge in [0.15, 0.2) is 0 Å². The van der Waals surface area contributed by atoms with Crippen LogP contribution in [0.3, 0.4) is 0 Å². The first-order chi connectivity index (χ1) is 19.0. The second-order valence-electron chi connectivity index (χ2n) is 12.0. The number of piperidine rings is 1. The minimum atomic E-state index is -0.540. The number of halogens is 1. The van der Waals surface area contributed by atoms with Crippen LogP contribution in [-0.4, -0.2) is 53.8 Å². The van der Waals surface area contributed by atoms with Gasteiger partial charge >= 0.3 is 6.09 Å². The smallest absolute Gasteiger partial charge is 0.410 e. The number of amides is 2. The zero-order chi connectivity index (χ0) is 28.6. The number of fused-ring (bicyclic) bond motifs is 3. The highest BCUT2D eigenvalue weighted by Gasteiger charge is 2.43. The lowest BCUT2D eigenvalue weighted by Gasteiger charge is -2.48. The number of nitrogens with one attached hydrogen (secondary N) is 2. The molecule has 0 spiro atoms. The van der Waals surface area contributed by atoms with E-state index in [1.807, 2.05) is 75.9 Å². The molecule has 0 aliphatic carbocycles. The van der Waals surface area contributed by atoms with Gasteiger partial charge in [0.1, 0.15) is 5.60 Å². The fourth-order valence-electron chi connectivity index (χ4n) is 5.85. The van der Waals surface area contributed by atoms with E-state index in [1.54, 1.807) is 0 Å². The third-order valence-corrected chi connectivity index (χ3v) is 8.39. The summed E-state index contributed by atoms with van der Waals surface area (Å²) in [6.07, 6.45) is 1.23. The van der Waals surface area contributed by atoms with E-state index >= 15 is 0 Å². The Hall–Kier alpha value is -3.10. The molecule has 0 aromatic heterocycles. The van der Waals surface area contributed by atoms with Gasteiger partial charge in [-0.1, -0.05) is 52.3 Å². The number of aryl methyl sites for hydroxylation is 1. The zero-order valence-electron chi connectivity index (χ0n) is 23.8. The molecule has 40 heavy (non-hydrogen) atoms. The van der Waals surface area contributed by atoms with Crippen molar-refractivity contribution >= 4 is 44.4 Å². The molecule has 2 heterocycles. The van der Waals surface area contributed by atoms with Crippen molar-refractivity contribution in [3.8, 4) is 0 Å². The highest BCUT2D eigenvalue weighted by molar-refractivity contribution is 9.10. The third kappa shape index (κ3) is 6.13. The van der Waals surface area contributed by atoms with E-state index in [0.717, 1.165) is 44.9 Å². The molecule has 2 amide bonds. The molecule has 2 aliphatic rings. The first-order valence-electron chi connectivity index (χ1n) is 13.9. The molecule has 0 radical (unpaired) electrons. The lowest BCUT2D eigenvalue weighted by atomic mass is 9.90. The molecule has 8 heteroatoms. The Morgan fingerprint density at radius 3 is 2.38 bits per heavy atom. The van der Waals surface area contributed by atoms with Gasteiger partial charge in [-0.25, -0.2) is 4.79 Å². The average Bonchev–Trinajstić information content (AvgIpc) is 2.88. The fraction of sp³-hybridized carbons (Fsp3) is 0.438. The summed E-state index contributed by atoms with van der Waals surface area (Å²) in [5.74, 6) is -0.106. The van der Waals surface area contributed by atoms with Crippen LogP contribution < -0.4 is 10.6 Å². The van der Waals surface area contributed by atoms with Crippen LogP contribution >= 0.6 is 15.9 Å². The average molecular weight is 609 g/mol. The van der Waals surface area contributed by atoms with Crippen molar-refractivity contribution in [1.29, 1.82) is 0 Å². The third-order valence-electron chi connectivity index (χ3n) is 7.70. The molecule has 2 saturated heterocycles. The van der Waals surface area contributed by atoms with Crippen LogP contribution in [0.25, 0.3) is 10.8 Å². The standard InChI is InChI=1S/C32H38BrN3O4/c1-19-10-11-21(35-22-14-23-17-39-18-24(15-22)36(23)31(38)40-32(3,4)5)16-28(19)30(37)34-20(2)25-12-13-29(33)27-9-7-6-8-26(25)27/h6-13,16,20,22-24,35H,14-15,17-18H2,1-5H3,(H,34,37)/t20-,22?,23?,24?/m1/s1. The summed E-state index contributed by atoms with van der Waals surface area (Å²) in [5, 5.41) is 9.08. The predicted octanol–water partition coefficient (Wildman–Crippen LogP) is 6.98. The molecular formula is C32H38BrN3O4. The van der Waals surface area contributed by atoms with Crippen molar-refractivity contribution < 1.29 is 19.1 Å². The van der Waals surface area contributed by atoms with Gasteiger partial charge < -0.3 is 20.1 Å². The normalized spacial score (nSPS) is 21.6. The highest BCUT2D eigenvalue weighted by Crippen LogP contribution is 2.33. The Kier molecular flexibility index (Phi) is 8.11. The maximum Gasteiger partial charge on any atom is 0.410 e. The summed E-state index contributed by atoms with van der Waals surface area (Å²) in [7, 11) is 0. The van der Waals surface area contributed by atoms with E-state index in [0.29, 0.717) is 18.8 Å². The van der Waals surface area contributed by atoms with Gasteiger partial charge in [0.25, 0.3) is 5.91 Å². The molecule has 2 fully saturated rings. The van der Waals surface area contributed by atoms with Crippen LogP contribution in [-0.2, 0) is 9.47 Å².